The first kappa shape index (κ1) is 26.2. The van der Waals surface area contributed by atoms with E-state index in [9.17, 15) is 9.59 Å². The highest BCUT2D eigenvalue weighted by molar-refractivity contribution is 6.31. The lowest BCUT2D eigenvalue weighted by atomic mass is 9.73. The molecule has 10 heteroatoms. The molecule has 4 atom stereocenters. The van der Waals surface area contributed by atoms with E-state index in [1.54, 1.807) is 30.3 Å². The molecule has 4 aromatic rings. The Bertz CT molecular complexity index is 1850. The van der Waals surface area contributed by atoms with Crippen LogP contribution in [0.15, 0.2) is 48.5 Å². The van der Waals surface area contributed by atoms with E-state index in [1.165, 1.54) is 13.2 Å². The number of anilines is 1. The number of fused-ring (bicyclic) bond motifs is 7. The zero-order valence-corrected chi connectivity index (χ0v) is 24.5. The zero-order chi connectivity index (χ0) is 29.1. The molecule has 1 aromatic heterocycles. The second-order valence-corrected chi connectivity index (χ2v) is 12.7. The highest BCUT2D eigenvalue weighted by Gasteiger charge is 2.69. The van der Waals surface area contributed by atoms with Crippen molar-refractivity contribution < 1.29 is 18.7 Å². The first-order chi connectivity index (χ1) is 20.2. The summed E-state index contributed by atoms with van der Waals surface area (Å²) in [5, 5.41) is 9.67. The summed E-state index contributed by atoms with van der Waals surface area (Å²) in [4.78, 5) is 29.2. The van der Waals surface area contributed by atoms with E-state index in [4.69, 9.17) is 33.0 Å². The number of aryl methyl sites for hydroxylation is 1. The fraction of sp³-hybridized carbons (Fsp3) is 0.344. The number of likely N-dealkylation sites (tertiary alicyclic amines) is 1. The van der Waals surface area contributed by atoms with Crippen LogP contribution in [0.4, 0.5) is 10.1 Å². The maximum atomic E-state index is 16.2. The largest absolute Gasteiger partial charge is 0.465 e. The van der Waals surface area contributed by atoms with Crippen molar-refractivity contribution in [2.24, 2.45) is 5.92 Å². The number of hydrogen-bond donors (Lipinski definition) is 1. The first-order valence-corrected chi connectivity index (χ1v) is 14.9. The molecular weight excluding hydrogens is 578 g/mol. The van der Waals surface area contributed by atoms with Crippen LogP contribution in [0.1, 0.15) is 57.5 Å². The maximum Gasteiger partial charge on any atom is 0.338 e. The zero-order valence-electron chi connectivity index (χ0n) is 23.0. The van der Waals surface area contributed by atoms with E-state index < -0.39 is 23.2 Å². The van der Waals surface area contributed by atoms with E-state index in [0.717, 1.165) is 35.0 Å². The molecule has 4 heterocycles. The molecule has 1 aliphatic carbocycles. The van der Waals surface area contributed by atoms with E-state index in [0.29, 0.717) is 46.2 Å². The van der Waals surface area contributed by atoms with Crippen molar-refractivity contribution in [3.8, 4) is 0 Å². The van der Waals surface area contributed by atoms with Crippen molar-refractivity contribution in [3.05, 3.63) is 92.3 Å². The quantitative estimate of drug-likeness (QED) is 0.273. The number of halogens is 3. The molecule has 3 aromatic carbocycles. The van der Waals surface area contributed by atoms with Gasteiger partial charge in [0, 0.05) is 52.3 Å². The summed E-state index contributed by atoms with van der Waals surface area (Å²) in [5.74, 6) is -1.32. The fourth-order valence-electron chi connectivity index (χ4n) is 7.88. The van der Waals surface area contributed by atoms with E-state index in [-0.39, 0.29) is 23.0 Å². The van der Waals surface area contributed by atoms with Gasteiger partial charge in [-0.25, -0.2) is 9.18 Å². The molecule has 3 aliphatic heterocycles. The summed E-state index contributed by atoms with van der Waals surface area (Å²) in [5.41, 5.74) is 3.52. The second kappa shape index (κ2) is 9.02. The van der Waals surface area contributed by atoms with Gasteiger partial charge in [-0.05, 0) is 61.1 Å². The van der Waals surface area contributed by atoms with Crippen molar-refractivity contribution >= 4 is 51.7 Å². The van der Waals surface area contributed by atoms with E-state index >= 15 is 4.39 Å². The molecule has 0 radical (unpaired) electrons. The van der Waals surface area contributed by atoms with E-state index in [2.05, 4.69) is 10.2 Å². The van der Waals surface area contributed by atoms with Gasteiger partial charge in [0.15, 0.2) is 0 Å². The molecule has 0 bridgehead atoms. The molecule has 214 valence electrons. The van der Waals surface area contributed by atoms with Gasteiger partial charge in [0.2, 0.25) is 5.91 Å². The van der Waals surface area contributed by atoms with Gasteiger partial charge >= 0.3 is 5.97 Å². The molecule has 7 nitrogen and oxygen atoms in total. The molecule has 4 aliphatic rings. The number of nitrogens with zero attached hydrogens (tertiary/aromatic N) is 3. The van der Waals surface area contributed by atoms with Crippen LogP contribution in [0.5, 0.6) is 0 Å². The van der Waals surface area contributed by atoms with Gasteiger partial charge in [0.05, 0.1) is 29.3 Å². The normalized spacial score (nSPS) is 26.0. The van der Waals surface area contributed by atoms with E-state index in [1.807, 2.05) is 23.7 Å². The van der Waals surface area contributed by atoms with Crippen LogP contribution < -0.4 is 5.32 Å². The predicted octanol–water partition coefficient (Wildman–Crippen LogP) is 6.40. The molecule has 1 N–H and O–H groups in total. The van der Waals surface area contributed by atoms with Gasteiger partial charge in [-0.1, -0.05) is 47.5 Å². The molecule has 8 rings (SSSR count). The van der Waals surface area contributed by atoms with Crippen LogP contribution in [-0.4, -0.2) is 46.3 Å². The highest BCUT2D eigenvalue weighted by atomic mass is 35.5. The van der Waals surface area contributed by atoms with Crippen LogP contribution >= 0.6 is 23.2 Å². The summed E-state index contributed by atoms with van der Waals surface area (Å²) >= 11 is 12.8. The Labute approximate surface area is 251 Å². The monoisotopic (exact) mass is 604 g/mol. The Morgan fingerprint density at radius 1 is 1.19 bits per heavy atom. The van der Waals surface area contributed by atoms with Gasteiger partial charge in [0.1, 0.15) is 11.4 Å². The third-order valence-corrected chi connectivity index (χ3v) is 10.3. The third kappa shape index (κ3) is 3.34. The minimum absolute atomic E-state index is 0.0111. The number of rotatable bonds is 4. The molecule has 2 fully saturated rings. The number of ether oxygens (including phenoxy) is 1. The predicted molar refractivity (Wildman–Crippen MR) is 158 cm³/mol. The number of benzene rings is 3. The van der Waals surface area contributed by atoms with Gasteiger partial charge in [0.25, 0.3) is 0 Å². The number of hydrogen-bond acceptors (Lipinski definition) is 5. The van der Waals surface area contributed by atoms with Gasteiger partial charge in [-0.3, -0.25) is 14.4 Å². The Morgan fingerprint density at radius 2 is 2.00 bits per heavy atom. The number of carbonyl (C=O) groups is 2. The third-order valence-electron chi connectivity index (χ3n) is 9.81. The van der Waals surface area contributed by atoms with Crippen LogP contribution in [-0.2, 0) is 21.5 Å². The smallest absolute Gasteiger partial charge is 0.338 e. The Hall–Kier alpha value is -3.46. The lowest BCUT2D eigenvalue weighted by Crippen LogP contribution is -2.53. The first-order valence-electron chi connectivity index (χ1n) is 14.2. The number of methoxy groups -OCH3 is 1. The number of amides is 1. The molecular formula is C32H27Cl2FN4O3. The Balaban J connectivity index is 1.41. The summed E-state index contributed by atoms with van der Waals surface area (Å²) in [6, 6.07) is 13.7. The molecule has 1 saturated carbocycles. The molecule has 1 amide bonds. The second-order valence-electron chi connectivity index (χ2n) is 11.9. The fourth-order valence-corrected chi connectivity index (χ4v) is 8.23. The highest BCUT2D eigenvalue weighted by Crippen LogP contribution is 2.64. The van der Waals surface area contributed by atoms with Gasteiger partial charge in [-0.2, -0.15) is 5.10 Å². The number of nitrogens with one attached hydrogen (secondary N) is 1. The van der Waals surface area contributed by atoms with Crippen LogP contribution in [0, 0.1) is 18.7 Å². The van der Waals surface area contributed by atoms with Crippen molar-refractivity contribution in [3.63, 3.8) is 0 Å². The topological polar surface area (TPSA) is 76.5 Å². The number of aromatic nitrogens is 2. The van der Waals surface area contributed by atoms with Crippen molar-refractivity contribution in [2.45, 2.75) is 49.7 Å². The summed E-state index contributed by atoms with van der Waals surface area (Å²) in [7, 11) is 1.36. The number of esters is 1. The average molecular weight is 605 g/mol. The molecule has 1 saturated heterocycles. The maximum absolute atomic E-state index is 16.2. The van der Waals surface area contributed by atoms with Crippen LogP contribution in [0.2, 0.25) is 10.0 Å². The number of carbonyl (C=O) groups excluding carboxylic acids is 2. The molecule has 42 heavy (non-hydrogen) atoms. The van der Waals surface area contributed by atoms with Gasteiger partial charge in [-0.15, -0.1) is 0 Å². The Morgan fingerprint density at radius 3 is 2.76 bits per heavy atom. The van der Waals surface area contributed by atoms with Crippen molar-refractivity contribution in [1.82, 2.24) is 14.7 Å². The van der Waals surface area contributed by atoms with Crippen LogP contribution in [0.3, 0.4) is 0 Å². The Kier molecular flexibility index (Phi) is 5.62. The minimum Gasteiger partial charge on any atom is -0.465 e. The average Bonchev–Trinajstić information content (AvgIpc) is 3.40. The van der Waals surface area contributed by atoms with Crippen molar-refractivity contribution in [2.75, 3.05) is 19.0 Å². The summed E-state index contributed by atoms with van der Waals surface area (Å²) < 4.78 is 23.1. The molecule has 0 unspecified atom stereocenters. The standard InChI is InChI=1S/C32H27Cl2FN4O3/c1-15-18(30(40)42-2)9-10-19-24-13-25-29(39(24)37-28(15)19)26(20-4-3-5-22(34)27(20)35)32(38(25)14-16-6-7-16)21-11-8-17(33)12-23(21)36-31(32)41/h3-5,8-12,16,25-26,29H,6-7,13-14H2,1-2H3,(H,36,41)/t25-,26-,29+,32+/m0/s1. The van der Waals surface area contributed by atoms with Crippen molar-refractivity contribution in [1.29, 1.82) is 0 Å². The molecule has 1 spiro atoms. The summed E-state index contributed by atoms with van der Waals surface area (Å²) in [6.07, 6.45) is 2.82. The van der Waals surface area contributed by atoms with Gasteiger partial charge < -0.3 is 10.1 Å². The summed E-state index contributed by atoms with van der Waals surface area (Å²) in [6.45, 7) is 2.58. The minimum atomic E-state index is -1.19. The lowest BCUT2D eigenvalue weighted by molar-refractivity contribution is -0.128. The van der Waals surface area contributed by atoms with Crippen LogP contribution in [0.25, 0.3) is 10.9 Å². The SMILES string of the molecule is COC(=O)c1ccc2c3n(nc2c1C)[C@@H]1[C@H](C3)N(CC2CC2)[C@@]2(C(=O)Nc3cc(Cl)ccc32)[C@H]1c1cccc(Cl)c1F. The lowest BCUT2D eigenvalue weighted by Gasteiger charge is -2.40.